The fourth-order valence-electron chi connectivity index (χ4n) is 3.58. The van der Waals surface area contributed by atoms with Crippen LogP contribution in [-0.2, 0) is 14.3 Å². The minimum Gasteiger partial charge on any atom is -0.363 e. The molecule has 0 radical (unpaired) electrons. The number of piperidine rings is 1. The second kappa shape index (κ2) is 5.64. The van der Waals surface area contributed by atoms with Gasteiger partial charge in [-0.25, -0.2) is 0 Å². The molecule has 4 rings (SSSR count). The molecule has 1 spiro atoms. The van der Waals surface area contributed by atoms with Crippen molar-refractivity contribution >= 4 is 17.5 Å². The summed E-state index contributed by atoms with van der Waals surface area (Å²) in [7, 11) is 0. The summed E-state index contributed by atoms with van der Waals surface area (Å²) in [5.41, 5.74) is 0.626. The first-order valence-corrected chi connectivity index (χ1v) is 8.45. The van der Waals surface area contributed by atoms with E-state index in [9.17, 15) is 9.59 Å². The highest BCUT2D eigenvalue weighted by atomic mass is 16.5. The molecule has 0 N–H and O–H groups in total. The Labute approximate surface area is 136 Å². The van der Waals surface area contributed by atoms with Crippen molar-refractivity contribution in [3.8, 4) is 0 Å². The van der Waals surface area contributed by atoms with E-state index in [1.165, 1.54) is 0 Å². The number of hydrogen-bond acceptors (Lipinski definition) is 3. The van der Waals surface area contributed by atoms with Crippen LogP contribution in [0.3, 0.4) is 0 Å². The van der Waals surface area contributed by atoms with Gasteiger partial charge in [-0.1, -0.05) is 18.2 Å². The van der Waals surface area contributed by atoms with Crippen LogP contribution in [0.2, 0.25) is 0 Å². The Balaban J connectivity index is 1.45. The molecule has 5 heteroatoms. The van der Waals surface area contributed by atoms with Crippen LogP contribution < -0.4 is 4.90 Å². The summed E-state index contributed by atoms with van der Waals surface area (Å²) in [6, 6.07) is 9.76. The molecule has 1 aromatic rings. The van der Waals surface area contributed by atoms with Crippen LogP contribution >= 0.6 is 0 Å². The van der Waals surface area contributed by atoms with Gasteiger partial charge in [0.2, 0.25) is 5.91 Å². The van der Waals surface area contributed by atoms with Crippen LogP contribution in [0.25, 0.3) is 0 Å². The zero-order chi connectivity index (χ0) is 15.9. The van der Waals surface area contributed by atoms with Crippen molar-refractivity contribution in [2.75, 3.05) is 31.1 Å². The number of rotatable bonds is 2. The van der Waals surface area contributed by atoms with Crippen molar-refractivity contribution in [1.29, 1.82) is 0 Å². The van der Waals surface area contributed by atoms with Gasteiger partial charge in [0.1, 0.15) is 6.61 Å². The Kier molecular flexibility index (Phi) is 3.60. The topological polar surface area (TPSA) is 49.9 Å². The Morgan fingerprint density at radius 2 is 1.83 bits per heavy atom. The second-order valence-corrected chi connectivity index (χ2v) is 6.89. The number of carbonyl (C=O) groups excluding carboxylic acids is 2. The van der Waals surface area contributed by atoms with E-state index in [4.69, 9.17) is 4.74 Å². The average Bonchev–Trinajstić information content (AvgIpc) is 3.43. The Morgan fingerprint density at radius 1 is 1.13 bits per heavy atom. The number of para-hydroxylation sites is 1. The molecule has 2 heterocycles. The van der Waals surface area contributed by atoms with Gasteiger partial charge in [0, 0.05) is 24.7 Å². The summed E-state index contributed by atoms with van der Waals surface area (Å²) in [5, 5.41) is 0. The molecular formula is C18H22N2O3. The molecule has 122 valence electrons. The van der Waals surface area contributed by atoms with Crippen molar-refractivity contribution in [2.45, 2.75) is 31.3 Å². The van der Waals surface area contributed by atoms with E-state index in [2.05, 4.69) is 0 Å². The summed E-state index contributed by atoms with van der Waals surface area (Å²) in [6.45, 7) is 2.20. The van der Waals surface area contributed by atoms with Gasteiger partial charge in [-0.2, -0.15) is 0 Å². The maximum absolute atomic E-state index is 12.2. The van der Waals surface area contributed by atoms with Crippen molar-refractivity contribution in [2.24, 2.45) is 5.92 Å². The lowest BCUT2D eigenvalue weighted by molar-refractivity contribution is -0.151. The van der Waals surface area contributed by atoms with Gasteiger partial charge in [-0.3, -0.25) is 9.59 Å². The summed E-state index contributed by atoms with van der Waals surface area (Å²) in [5.74, 6) is 0.601. The third-order valence-corrected chi connectivity index (χ3v) is 5.23. The Bertz CT molecular complexity index is 604. The number of hydrogen-bond donors (Lipinski definition) is 0. The number of carbonyl (C=O) groups is 2. The molecule has 0 atom stereocenters. The summed E-state index contributed by atoms with van der Waals surface area (Å²) in [6.07, 6.45) is 3.71. The number of benzene rings is 1. The molecule has 2 aliphatic heterocycles. The van der Waals surface area contributed by atoms with Gasteiger partial charge < -0.3 is 14.5 Å². The number of amides is 2. The molecule has 0 aromatic heterocycles. The van der Waals surface area contributed by atoms with Gasteiger partial charge in [-0.15, -0.1) is 0 Å². The zero-order valence-electron chi connectivity index (χ0n) is 13.2. The van der Waals surface area contributed by atoms with Crippen molar-refractivity contribution in [1.82, 2.24) is 4.90 Å². The summed E-state index contributed by atoms with van der Waals surface area (Å²) < 4.78 is 5.95. The highest BCUT2D eigenvalue weighted by Crippen LogP contribution is 2.36. The van der Waals surface area contributed by atoms with E-state index in [-0.39, 0.29) is 24.0 Å². The maximum Gasteiger partial charge on any atom is 0.253 e. The van der Waals surface area contributed by atoms with Crippen LogP contribution in [0.4, 0.5) is 5.69 Å². The predicted molar refractivity (Wildman–Crippen MR) is 86.0 cm³/mol. The van der Waals surface area contributed by atoms with Crippen LogP contribution in [0.5, 0.6) is 0 Å². The molecule has 1 aliphatic carbocycles. The number of ether oxygens (including phenoxy) is 1. The van der Waals surface area contributed by atoms with Crippen LogP contribution in [-0.4, -0.2) is 48.6 Å². The van der Waals surface area contributed by atoms with E-state index in [1.807, 2.05) is 40.1 Å². The van der Waals surface area contributed by atoms with Crippen molar-refractivity contribution in [3.63, 3.8) is 0 Å². The van der Waals surface area contributed by atoms with Crippen LogP contribution in [0, 0.1) is 5.92 Å². The lowest BCUT2D eigenvalue weighted by Crippen LogP contribution is -2.59. The molecule has 2 saturated heterocycles. The van der Waals surface area contributed by atoms with Gasteiger partial charge in [0.25, 0.3) is 5.91 Å². The first-order valence-electron chi connectivity index (χ1n) is 8.45. The van der Waals surface area contributed by atoms with E-state index in [1.54, 1.807) is 0 Å². The van der Waals surface area contributed by atoms with Gasteiger partial charge in [0.05, 0.1) is 12.1 Å². The fraction of sp³-hybridized carbons (Fsp3) is 0.556. The standard InChI is InChI=1S/C18H22N2O3/c21-16-12-23-18(13-20(16)15-4-2-1-3-5-15)8-10-19(11-9-18)17(22)14-6-7-14/h1-5,14H,6-13H2. The second-order valence-electron chi connectivity index (χ2n) is 6.89. The summed E-state index contributed by atoms with van der Waals surface area (Å²) in [4.78, 5) is 28.2. The number of likely N-dealkylation sites (tertiary alicyclic amines) is 1. The number of anilines is 1. The minimum absolute atomic E-state index is 0.0123. The lowest BCUT2D eigenvalue weighted by Gasteiger charge is -2.47. The molecule has 3 fully saturated rings. The van der Waals surface area contributed by atoms with E-state index in [0.717, 1.165) is 44.5 Å². The smallest absolute Gasteiger partial charge is 0.253 e. The first kappa shape index (κ1) is 14.7. The number of nitrogens with zero attached hydrogens (tertiary/aromatic N) is 2. The third kappa shape index (κ3) is 2.85. The molecular weight excluding hydrogens is 292 g/mol. The quantitative estimate of drug-likeness (QED) is 0.837. The average molecular weight is 314 g/mol. The molecule has 1 aromatic carbocycles. The highest BCUT2D eigenvalue weighted by Gasteiger charge is 2.44. The van der Waals surface area contributed by atoms with E-state index >= 15 is 0 Å². The molecule has 1 saturated carbocycles. The monoisotopic (exact) mass is 314 g/mol. The van der Waals surface area contributed by atoms with Gasteiger partial charge in [-0.05, 0) is 37.8 Å². The zero-order valence-corrected chi connectivity index (χ0v) is 13.2. The van der Waals surface area contributed by atoms with Crippen molar-refractivity contribution in [3.05, 3.63) is 30.3 Å². The molecule has 2 amide bonds. The van der Waals surface area contributed by atoms with Gasteiger partial charge >= 0.3 is 0 Å². The fourth-order valence-corrected chi connectivity index (χ4v) is 3.58. The van der Waals surface area contributed by atoms with Crippen molar-refractivity contribution < 1.29 is 14.3 Å². The highest BCUT2D eigenvalue weighted by molar-refractivity contribution is 5.95. The lowest BCUT2D eigenvalue weighted by atomic mass is 9.88. The molecule has 3 aliphatic rings. The molecule has 0 bridgehead atoms. The molecule has 5 nitrogen and oxygen atoms in total. The van der Waals surface area contributed by atoms with E-state index in [0.29, 0.717) is 12.5 Å². The maximum atomic E-state index is 12.2. The normalized spacial score (nSPS) is 24.1. The first-order chi connectivity index (χ1) is 11.2. The van der Waals surface area contributed by atoms with Gasteiger partial charge in [0.15, 0.2) is 0 Å². The third-order valence-electron chi connectivity index (χ3n) is 5.23. The van der Waals surface area contributed by atoms with E-state index < -0.39 is 0 Å². The molecule has 23 heavy (non-hydrogen) atoms. The largest absolute Gasteiger partial charge is 0.363 e. The van der Waals surface area contributed by atoms with Crippen LogP contribution in [0.1, 0.15) is 25.7 Å². The Hall–Kier alpha value is -1.88. The minimum atomic E-state index is -0.302. The Morgan fingerprint density at radius 3 is 2.48 bits per heavy atom. The SMILES string of the molecule is O=C(C1CC1)N1CCC2(CC1)CN(c1ccccc1)C(=O)CO2. The summed E-state index contributed by atoms with van der Waals surface area (Å²) >= 11 is 0. The van der Waals surface area contributed by atoms with Crippen LogP contribution in [0.15, 0.2) is 30.3 Å². The number of morpholine rings is 1. The predicted octanol–water partition coefficient (Wildman–Crippen LogP) is 1.82. The molecule has 0 unspecified atom stereocenters.